The zero-order chi connectivity index (χ0) is 15.4. The second-order valence-corrected chi connectivity index (χ2v) is 4.93. The number of carbonyl (C=O) groups is 1. The van der Waals surface area contributed by atoms with Gasteiger partial charge in [0.2, 0.25) is 0 Å². The van der Waals surface area contributed by atoms with Crippen LogP contribution in [0.2, 0.25) is 0 Å². The van der Waals surface area contributed by atoms with E-state index in [9.17, 15) is 15.0 Å². The summed E-state index contributed by atoms with van der Waals surface area (Å²) in [4.78, 5) is 12.3. The molecule has 2 aromatic rings. The maximum atomic E-state index is 12.2. The number of phenolic OH excluding ortho intramolecular Hbond substituents is 2. The highest BCUT2D eigenvalue weighted by molar-refractivity contribution is 7.80. The third-order valence-electron chi connectivity index (χ3n) is 2.86. The molecule has 0 aromatic heterocycles. The second kappa shape index (κ2) is 6.23. The summed E-state index contributed by atoms with van der Waals surface area (Å²) in [5.41, 5.74) is 6.54. The predicted octanol–water partition coefficient (Wildman–Crippen LogP) is 1.85. The first-order chi connectivity index (χ1) is 9.97. The number of thiocarbonyl (C=S) groups is 1. The van der Waals surface area contributed by atoms with Crippen LogP contribution in [-0.2, 0) is 0 Å². The van der Waals surface area contributed by atoms with Crippen LogP contribution >= 0.6 is 12.2 Å². The van der Waals surface area contributed by atoms with E-state index in [1.165, 1.54) is 12.1 Å². The summed E-state index contributed by atoms with van der Waals surface area (Å²) in [5, 5.41) is 21.5. The van der Waals surface area contributed by atoms with Crippen LogP contribution in [-0.4, -0.2) is 21.1 Å². The normalized spacial score (nSPS) is 11.6. The van der Waals surface area contributed by atoms with Gasteiger partial charge in [0.1, 0.15) is 22.5 Å². The minimum absolute atomic E-state index is 0.115. The molecule has 6 heteroatoms. The van der Waals surface area contributed by atoms with Gasteiger partial charge in [0.05, 0.1) is 0 Å². The lowest BCUT2D eigenvalue weighted by atomic mass is 10.1. The van der Waals surface area contributed by atoms with E-state index in [0.29, 0.717) is 0 Å². The van der Waals surface area contributed by atoms with Crippen molar-refractivity contribution in [3.63, 3.8) is 0 Å². The number of amides is 1. The molecule has 0 heterocycles. The lowest BCUT2D eigenvalue weighted by Crippen LogP contribution is -2.36. The summed E-state index contributed by atoms with van der Waals surface area (Å²) >= 11 is 4.98. The van der Waals surface area contributed by atoms with Gasteiger partial charge in [-0.05, 0) is 17.7 Å². The van der Waals surface area contributed by atoms with Crippen LogP contribution in [0.25, 0.3) is 0 Å². The number of aromatic hydroxyl groups is 2. The molecule has 5 N–H and O–H groups in total. The fourth-order valence-electron chi connectivity index (χ4n) is 1.90. The topological polar surface area (TPSA) is 95.6 Å². The van der Waals surface area contributed by atoms with E-state index in [1.807, 2.05) is 18.2 Å². The Bertz CT molecular complexity index is 654. The van der Waals surface area contributed by atoms with Crippen LogP contribution in [0.1, 0.15) is 22.0 Å². The van der Waals surface area contributed by atoms with Gasteiger partial charge in [-0.25, -0.2) is 0 Å². The van der Waals surface area contributed by atoms with Gasteiger partial charge in [-0.15, -0.1) is 0 Å². The molecule has 0 fully saturated rings. The Kier molecular flexibility index (Phi) is 4.39. The van der Waals surface area contributed by atoms with E-state index in [4.69, 9.17) is 18.0 Å². The summed E-state index contributed by atoms with van der Waals surface area (Å²) < 4.78 is 0. The highest BCUT2D eigenvalue weighted by atomic mass is 32.1. The molecule has 21 heavy (non-hydrogen) atoms. The van der Waals surface area contributed by atoms with Crippen molar-refractivity contribution in [2.45, 2.75) is 6.04 Å². The van der Waals surface area contributed by atoms with Crippen molar-refractivity contribution in [2.24, 2.45) is 5.73 Å². The molecule has 108 valence electrons. The molecule has 0 radical (unpaired) electrons. The molecule has 0 saturated heterocycles. The minimum Gasteiger partial charge on any atom is -0.508 e. The standard InChI is InChI=1S/C15H14N2O3S/c16-14(21)13(9-4-2-1-3-5-9)17-15(20)10-6-11(18)8-12(19)7-10/h1-8,13,18-19H,(H2,16,21)(H,17,20). The van der Waals surface area contributed by atoms with Crippen LogP contribution < -0.4 is 11.1 Å². The van der Waals surface area contributed by atoms with Crippen molar-refractivity contribution >= 4 is 23.1 Å². The van der Waals surface area contributed by atoms with E-state index < -0.39 is 11.9 Å². The molecule has 1 amide bonds. The van der Waals surface area contributed by atoms with Crippen LogP contribution in [0.15, 0.2) is 48.5 Å². The summed E-state index contributed by atoms with van der Waals surface area (Å²) in [7, 11) is 0. The Balaban J connectivity index is 2.25. The molecule has 0 aliphatic rings. The lowest BCUT2D eigenvalue weighted by molar-refractivity contribution is 0.0946. The zero-order valence-electron chi connectivity index (χ0n) is 11.0. The molecule has 1 unspecified atom stereocenters. The van der Waals surface area contributed by atoms with Gasteiger partial charge < -0.3 is 21.3 Å². The highest BCUT2D eigenvalue weighted by Crippen LogP contribution is 2.21. The van der Waals surface area contributed by atoms with Crippen LogP contribution in [0.3, 0.4) is 0 Å². The molecular formula is C15H14N2O3S. The molecule has 0 saturated carbocycles. The van der Waals surface area contributed by atoms with Crippen molar-refractivity contribution in [3.05, 3.63) is 59.7 Å². The number of rotatable bonds is 4. The van der Waals surface area contributed by atoms with E-state index in [2.05, 4.69) is 5.32 Å². The van der Waals surface area contributed by atoms with Gasteiger partial charge in [-0.1, -0.05) is 42.5 Å². The van der Waals surface area contributed by atoms with Crippen LogP contribution in [0, 0.1) is 0 Å². The SMILES string of the molecule is NC(=S)C(NC(=O)c1cc(O)cc(O)c1)c1ccccc1. The maximum absolute atomic E-state index is 12.2. The van der Waals surface area contributed by atoms with Gasteiger partial charge in [-0.2, -0.15) is 0 Å². The molecule has 1 atom stereocenters. The molecular weight excluding hydrogens is 288 g/mol. The smallest absolute Gasteiger partial charge is 0.252 e. The van der Waals surface area contributed by atoms with Gasteiger partial charge in [-0.3, -0.25) is 4.79 Å². The van der Waals surface area contributed by atoms with E-state index in [0.717, 1.165) is 11.6 Å². The Labute approximate surface area is 127 Å². The third-order valence-corrected chi connectivity index (χ3v) is 3.09. The molecule has 5 nitrogen and oxygen atoms in total. The van der Waals surface area contributed by atoms with Crippen molar-refractivity contribution < 1.29 is 15.0 Å². The van der Waals surface area contributed by atoms with E-state index in [-0.39, 0.29) is 22.1 Å². The Hall–Kier alpha value is -2.60. The molecule has 2 aromatic carbocycles. The van der Waals surface area contributed by atoms with Crippen molar-refractivity contribution in [1.29, 1.82) is 0 Å². The van der Waals surface area contributed by atoms with Crippen molar-refractivity contribution in [3.8, 4) is 11.5 Å². The Morgan fingerprint density at radius 2 is 1.67 bits per heavy atom. The predicted molar refractivity (Wildman–Crippen MR) is 83.2 cm³/mol. The summed E-state index contributed by atoms with van der Waals surface area (Å²) in [6, 6.07) is 12.1. The number of hydrogen-bond acceptors (Lipinski definition) is 4. The lowest BCUT2D eigenvalue weighted by Gasteiger charge is -2.18. The molecule has 0 bridgehead atoms. The van der Waals surface area contributed by atoms with Gasteiger partial charge >= 0.3 is 0 Å². The molecule has 2 rings (SSSR count). The number of benzene rings is 2. The van der Waals surface area contributed by atoms with Crippen molar-refractivity contribution in [2.75, 3.05) is 0 Å². The fraction of sp³-hybridized carbons (Fsp3) is 0.0667. The monoisotopic (exact) mass is 302 g/mol. The van der Waals surface area contributed by atoms with Gasteiger partial charge in [0.25, 0.3) is 5.91 Å². The number of hydrogen-bond donors (Lipinski definition) is 4. The fourth-order valence-corrected chi connectivity index (χ4v) is 2.10. The average molecular weight is 302 g/mol. The minimum atomic E-state index is -0.627. The third kappa shape index (κ3) is 3.70. The van der Waals surface area contributed by atoms with E-state index >= 15 is 0 Å². The highest BCUT2D eigenvalue weighted by Gasteiger charge is 2.18. The van der Waals surface area contributed by atoms with Crippen LogP contribution in [0.5, 0.6) is 11.5 Å². The molecule has 0 aliphatic heterocycles. The molecule has 0 aliphatic carbocycles. The largest absolute Gasteiger partial charge is 0.508 e. The zero-order valence-corrected chi connectivity index (χ0v) is 11.8. The number of carbonyl (C=O) groups excluding carboxylic acids is 1. The quantitative estimate of drug-likeness (QED) is 0.647. The first-order valence-electron chi connectivity index (χ1n) is 6.15. The first-order valence-corrected chi connectivity index (χ1v) is 6.56. The average Bonchev–Trinajstić information content (AvgIpc) is 2.44. The Morgan fingerprint density at radius 3 is 2.19 bits per heavy atom. The number of nitrogens with one attached hydrogen (secondary N) is 1. The maximum Gasteiger partial charge on any atom is 0.252 e. The first kappa shape index (κ1) is 14.8. The number of nitrogens with two attached hydrogens (primary N) is 1. The van der Waals surface area contributed by atoms with Crippen molar-refractivity contribution in [1.82, 2.24) is 5.32 Å². The van der Waals surface area contributed by atoms with Gasteiger partial charge in [0.15, 0.2) is 0 Å². The van der Waals surface area contributed by atoms with E-state index in [1.54, 1.807) is 12.1 Å². The summed E-state index contributed by atoms with van der Waals surface area (Å²) in [5.74, 6) is -0.902. The molecule has 0 spiro atoms. The number of phenols is 2. The summed E-state index contributed by atoms with van der Waals surface area (Å²) in [6.45, 7) is 0. The van der Waals surface area contributed by atoms with Gasteiger partial charge in [0, 0.05) is 11.6 Å². The second-order valence-electron chi connectivity index (χ2n) is 4.46. The summed E-state index contributed by atoms with van der Waals surface area (Å²) in [6.07, 6.45) is 0. The van der Waals surface area contributed by atoms with Crippen LogP contribution in [0.4, 0.5) is 0 Å². The Morgan fingerprint density at radius 1 is 1.10 bits per heavy atom.